The van der Waals surface area contributed by atoms with E-state index in [2.05, 4.69) is 21.7 Å². The van der Waals surface area contributed by atoms with Crippen LogP contribution in [-0.4, -0.2) is 31.1 Å². The second-order valence-corrected chi connectivity index (χ2v) is 7.85. The van der Waals surface area contributed by atoms with Gasteiger partial charge >= 0.3 is 0 Å². The first-order valence-corrected chi connectivity index (χ1v) is 10.7. The summed E-state index contributed by atoms with van der Waals surface area (Å²) in [6.07, 6.45) is 7.11. The molecule has 7 heteroatoms. The smallest absolute Gasteiger partial charge is 0.191 e. The highest BCUT2D eigenvalue weighted by molar-refractivity contribution is 14.0. The molecule has 0 fully saturated rings. The number of benzene rings is 1. The van der Waals surface area contributed by atoms with Gasteiger partial charge in [-0.2, -0.15) is 0 Å². The molecule has 0 unspecified atom stereocenters. The number of hydrogen-bond donors (Lipinski definition) is 2. The third kappa shape index (κ3) is 6.62. The van der Waals surface area contributed by atoms with Gasteiger partial charge in [0.15, 0.2) is 5.96 Å². The Balaban J connectivity index is 0.00000280. The van der Waals surface area contributed by atoms with Crippen LogP contribution in [0, 0.1) is 0 Å². The molecule has 3 rings (SSSR count). The molecule has 0 radical (unpaired) electrons. The Bertz CT molecular complexity index is 739. The van der Waals surface area contributed by atoms with E-state index < -0.39 is 0 Å². The van der Waals surface area contributed by atoms with Gasteiger partial charge in [0.25, 0.3) is 0 Å². The van der Waals surface area contributed by atoms with Crippen molar-refractivity contribution < 1.29 is 4.74 Å². The fraction of sp³-hybridized carbons (Fsp3) is 0.524. The first-order chi connectivity index (χ1) is 13.3. The fourth-order valence-corrected chi connectivity index (χ4v) is 4.50. The van der Waals surface area contributed by atoms with E-state index in [4.69, 9.17) is 9.72 Å². The molecule has 1 heterocycles. The number of thiazole rings is 1. The summed E-state index contributed by atoms with van der Waals surface area (Å²) >= 11 is 1.92. The van der Waals surface area contributed by atoms with E-state index in [1.807, 2.05) is 36.5 Å². The van der Waals surface area contributed by atoms with Gasteiger partial charge in [-0.05, 0) is 45.1 Å². The topological polar surface area (TPSA) is 58.5 Å². The third-order valence-electron chi connectivity index (χ3n) is 4.69. The van der Waals surface area contributed by atoms with E-state index in [1.165, 1.54) is 41.3 Å². The lowest BCUT2D eigenvalue weighted by atomic mass is 10.0. The summed E-state index contributed by atoms with van der Waals surface area (Å²) < 4.78 is 5.68. The molecule has 0 aliphatic heterocycles. The fourth-order valence-electron chi connectivity index (χ4n) is 3.30. The molecular formula is C21H31IN4OS. The Labute approximate surface area is 189 Å². The van der Waals surface area contributed by atoms with Crippen LogP contribution in [0.3, 0.4) is 0 Å². The van der Waals surface area contributed by atoms with Crippen molar-refractivity contribution in [2.24, 2.45) is 4.99 Å². The van der Waals surface area contributed by atoms with Gasteiger partial charge in [0.05, 0.1) is 17.3 Å². The lowest BCUT2D eigenvalue weighted by Crippen LogP contribution is -2.37. The zero-order valence-electron chi connectivity index (χ0n) is 16.8. The summed E-state index contributed by atoms with van der Waals surface area (Å²) in [5, 5.41) is 8.06. The van der Waals surface area contributed by atoms with Crippen molar-refractivity contribution >= 4 is 41.3 Å². The first kappa shape index (κ1) is 22.9. The maximum Gasteiger partial charge on any atom is 0.191 e. The second-order valence-electron chi connectivity index (χ2n) is 6.68. The number of nitrogens with one attached hydrogen (secondary N) is 2. The number of hydrogen-bond acceptors (Lipinski definition) is 4. The molecule has 2 aromatic rings. The molecule has 0 bridgehead atoms. The number of fused-ring (bicyclic) bond motifs is 1. The van der Waals surface area contributed by atoms with Crippen LogP contribution < -0.4 is 15.4 Å². The van der Waals surface area contributed by atoms with Crippen LogP contribution in [0.1, 0.15) is 47.3 Å². The first-order valence-electron chi connectivity index (χ1n) is 9.92. The molecule has 1 aliphatic rings. The zero-order chi connectivity index (χ0) is 18.9. The van der Waals surface area contributed by atoms with Crippen molar-refractivity contribution in [2.45, 2.75) is 52.0 Å². The summed E-state index contributed by atoms with van der Waals surface area (Å²) in [5.41, 5.74) is 2.50. The molecule has 1 aromatic carbocycles. The zero-order valence-corrected chi connectivity index (χ0v) is 19.9. The Morgan fingerprint density at radius 3 is 2.82 bits per heavy atom. The van der Waals surface area contributed by atoms with Crippen molar-refractivity contribution in [2.75, 3.05) is 20.2 Å². The van der Waals surface area contributed by atoms with Crippen LogP contribution in [0.15, 0.2) is 29.3 Å². The molecule has 5 nitrogen and oxygen atoms in total. The standard InChI is InChI=1S/C21H30N4OS.HI/c1-3-26-18-11-6-4-9-16(18)15-24-21(22-2)23-14-8-13-20-25-17-10-5-7-12-19(17)27-20;/h4,6,9,11H,3,5,7-8,10,12-15H2,1-2H3,(H2,22,23,24);1H. The van der Waals surface area contributed by atoms with Gasteiger partial charge in [-0.15, -0.1) is 35.3 Å². The summed E-state index contributed by atoms with van der Waals surface area (Å²) in [4.78, 5) is 10.7. The van der Waals surface area contributed by atoms with E-state index in [9.17, 15) is 0 Å². The molecule has 0 spiro atoms. The number of halogens is 1. The highest BCUT2D eigenvalue weighted by Gasteiger charge is 2.14. The molecule has 154 valence electrons. The average Bonchev–Trinajstić information content (AvgIpc) is 3.11. The molecular weight excluding hydrogens is 483 g/mol. The predicted octanol–water partition coefficient (Wildman–Crippen LogP) is 4.34. The van der Waals surface area contributed by atoms with Crippen LogP contribution in [-0.2, 0) is 25.8 Å². The van der Waals surface area contributed by atoms with Crippen LogP contribution in [0.4, 0.5) is 0 Å². The second kappa shape index (κ2) is 12.3. The summed E-state index contributed by atoms with van der Waals surface area (Å²) in [7, 11) is 1.80. The monoisotopic (exact) mass is 514 g/mol. The van der Waals surface area contributed by atoms with Gasteiger partial charge in [0.2, 0.25) is 0 Å². The number of aryl methyl sites for hydroxylation is 3. The average molecular weight is 514 g/mol. The predicted molar refractivity (Wildman–Crippen MR) is 128 cm³/mol. The van der Waals surface area contributed by atoms with Crippen molar-refractivity contribution in [3.05, 3.63) is 45.4 Å². The van der Waals surface area contributed by atoms with Crippen molar-refractivity contribution in [3.8, 4) is 5.75 Å². The maximum atomic E-state index is 5.68. The number of nitrogens with zero attached hydrogens (tertiary/aromatic N) is 2. The molecule has 0 saturated carbocycles. The van der Waals surface area contributed by atoms with Gasteiger partial charge in [0, 0.05) is 37.0 Å². The lowest BCUT2D eigenvalue weighted by molar-refractivity contribution is 0.336. The van der Waals surface area contributed by atoms with E-state index in [1.54, 1.807) is 7.05 Å². The number of ether oxygens (including phenoxy) is 1. The van der Waals surface area contributed by atoms with E-state index in [-0.39, 0.29) is 24.0 Å². The SMILES string of the molecule is CCOc1ccccc1CNC(=NC)NCCCc1nc2c(s1)CCCC2.I. The highest BCUT2D eigenvalue weighted by atomic mass is 127. The Morgan fingerprint density at radius 1 is 1.21 bits per heavy atom. The van der Waals surface area contributed by atoms with E-state index in [0.717, 1.165) is 36.7 Å². The molecule has 0 amide bonds. The van der Waals surface area contributed by atoms with Crippen LogP contribution in [0.5, 0.6) is 5.75 Å². The minimum Gasteiger partial charge on any atom is -0.494 e. The molecule has 1 aromatic heterocycles. The van der Waals surface area contributed by atoms with Gasteiger partial charge in [0.1, 0.15) is 5.75 Å². The molecule has 28 heavy (non-hydrogen) atoms. The summed E-state index contributed by atoms with van der Waals surface area (Å²) in [6.45, 7) is 4.25. The number of aliphatic imine (C=N–C) groups is 1. The Hall–Kier alpha value is -1.35. The Kier molecular flexibility index (Phi) is 10.0. The summed E-state index contributed by atoms with van der Waals surface area (Å²) in [6, 6.07) is 8.11. The van der Waals surface area contributed by atoms with Crippen molar-refractivity contribution in [3.63, 3.8) is 0 Å². The number of guanidine groups is 1. The quantitative estimate of drug-likeness (QED) is 0.238. The highest BCUT2D eigenvalue weighted by Crippen LogP contribution is 2.27. The number of aromatic nitrogens is 1. The largest absolute Gasteiger partial charge is 0.494 e. The van der Waals surface area contributed by atoms with Crippen molar-refractivity contribution in [1.82, 2.24) is 15.6 Å². The lowest BCUT2D eigenvalue weighted by Gasteiger charge is -2.14. The van der Waals surface area contributed by atoms with E-state index >= 15 is 0 Å². The molecule has 0 saturated heterocycles. The third-order valence-corrected chi connectivity index (χ3v) is 5.91. The van der Waals surface area contributed by atoms with Gasteiger partial charge in [-0.3, -0.25) is 4.99 Å². The van der Waals surface area contributed by atoms with Gasteiger partial charge < -0.3 is 15.4 Å². The van der Waals surface area contributed by atoms with Crippen LogP contribution >= 0.6 is 35.3 Å². The molecule has 1 aliphatic carbocycles. The maximum absolute atomic E-state index is 5.68. The minimum atomic E-state index is 0. The molecule has 2 N–H and O–H groups in total. The number of rotatable bonds is 8. The minimum absolute atomic E-state index is 0. The number of para-hydroxylation sites is 1. The van der Waals surface area contributed by atoms with E-state index in [0.29, 0.717) is 13.2 Å². The summed E-state index contributed by atoms with van der Waals surface area (Å²) in [5.74, 6) is 1.75. The molecule has 0 atom stereocenters. The normalized spacial score (nSPS) is 13.4. The van der Waals surface area contributed by atoms with Gasteiger partial charge in [-0.25, -0.2) is 4.98 Å². The Morgan fingerprint density at radius 2 is 2.04 bits per heavy atom. The van der Waals surface area contributed by atoms with Crippen LogP contribution in [0.25, 0.3) is 0 Å². The van der Waals surface area contributed by atoms with Crippen LogP contribution in [0.2, 0.25) is 0 Å². The van der Waals surface area contributed by atoms with Crippen molar-refractivity contribution in [1.29, 1.82) is 0 Å². The van der Waals surface area contributed by atoms with Gasteiger partial charge in [-0.1, -0.05) is 18.2 Å².